The van der Waals surface area contributed by atoms with E-state index in [9.17, 15) is 9.59 Å². The third-order valence-corrected chi connectivity index (χ3v) is 7.79. The van der Waals surface area contributed by atoms with Gasteiger partial charge in [-0.25, -0.2) is 0 Å². The first-order chi connectivity index (χ1) is 16.0. The molecule has 0 radical (unpaired) electrons. The maximum absolute atomic E-state index is 13.6. The van der Waals surface area contributed by atoms with Crippen molar-refractivity contribution in [2.45, 2.75) is 58.0 Å². The molecule has 2 heterocycles. The average molecular weight is 471 g/mol. The predicted octanol–water partition coefficient (Wildman–Crippen LogP) is 4.69. The Balaban J connectivity index is 1.51. The summed E-state index contributed by atoms with van der Waals surface area (Å²) in [5.41, 5.74) is 1.15. The van der Waals surface area contributed by atoms with Crippen LogP contribution >= 0.6 is 11.3 Å². The molecule has 4 rings (SSSR count). The first kappa shape index (κ1) is 23.6. The maximum atomic E-state index is 13.6. The van der Waals surface area contributed by atoms with Gasteiger partial charge in [0.2, 0.25) is 11.8 Å². The molecule has 0 bridgehead atoms. The van der Waals surface area contributed by atoms with E-state index in [0.717, 1.165) is 37.7 Å². The van der Waals surface area contributed by atoms with Gasteiger partial charge < -0.3 is 19.3 Å². The van der Waals surface area contributed by atoms with Gasteiger partial charge in [-0.2, -0.15) is 0 Å². The fraction of sp³-hybridized carbons (Fsp3) is 0.538. The molecule has 33 heavy (non-hydrogen) atoms. The lowest BCUT2D eigenvalue weighted by atomic mass is 10.00. The minimum absolute atomic E-state index is 0.00757. The summed E-state index contributed by atoms with van der Waals surface area (Å²) in [4.78, 5) is 31.7. The smallest absolute Gasteiger partial charge is 0.242 e. The number of fused-ring (bicyclic) bond motifs is 1. The van der Waals surface area contributed by atoms with Gasteiger partial charge in [0, 0.05) is 23.4 Å². The number of carbonyl (C=O) groups is 2. The Kier molecular flexibility index (Phi) is 7.58. The van der Waals surface area contributed by atoms with E-state index in [4.69, 9.17) is 9.47 Å². The highest BCUT2D eigenvalue weighted by Gasteiger charge is 2.35. The second-order valence-corrected chi connectivity index (χ2v) is 10.2. The van der Waals surface area contributed by atoms with Crippen LogP contribution in [-0.4, -0.2) is 54.5 Å². The topological polar surface area (TPSA) is 59.1 Å². The molecule has 178 valence electrons. The number of amides is 2. The van der Waals surface area contributed by atoms with Crippen LogP contribution in [0.4, 0.5) is 0 Å². The van der Waals surface area contributed by atoms with Gasteiger partial charge >= 0.3 is 0 Å². The van der Waals surface area contributed by atoms with E-state index >= 15 is 0 Å². The molecule has 1 saturated carbocycles. The number of thiophene rings is 1. The van der Waals surface area contributed by atoms with Gasteiger partial charge in [0.15, 0.2) is 11.5 Å². The molecular formula is C26H34N2O4S. The molecule has 1 aliphatic carbocycles. The van der Waals surface area contributed by atoms with E-state index in [-0.39, 0.29) is 36.4 Å². The van der Waals surface area contributed by atoms with Crippen molar-refractivity contribution >= 4 is 23.2 Å². The van der Waals surface area contributed by atoms with Crippen molar-refractivity contribution in [2.75, 3.05) is 26.8 Å². The molecule has 1 atom stereocenters. The van der Waals surface area contributed by atoms with Crippen LogP contribution in [0.1, 0.15) is 56.0 Å². The van der Waals surface area contributed by atoms with Gasteiger partial charge in [-0.15, -0.1) is 11.3 Å². The van der Waals surface area contributed by atoms with E-state index in [2.05, 4.69) is 11.4 Å². The zero-order valence-electron chi connectivity index (χ0n) is 19.8. The summed E-state index contributed by atoms with van der Waals surface area (Å²) in [6.45, 7) is 5.09. The van der Waals surface area contributed by atoms with E-state index in [1.807, 2.05) is 43.0 Å². The van der Waals surface area contributed by atoms with E-state index in [1.165, 1.54) is 4.88 Å². The van der Waals surface area contributed by atoms with Gasteiger partial charge in [-0.05, 0) is 62.3 Å². The zero-order chi connectivity index (χ0) is 23.4. The summed E-state index contributed by atoms with van der Waals surface area (Å²) >= 11 is 1.73. The molecule has 7 heteroatoms. The van der Waals surface area contributed by atoms with Crippen LogP contribution < -0.4 is 9.47 Å². The number of carbonyl (C=O) groups excluding carboxylic acids is 2. The molecule has 1 fully saturated rings. The van der Waals surface area contributed by atoms with Crippen molar-refractivity contribution in [3.05, 3.63) is 46.2 Å². The average Bonchev–Trinajstić information content (AvgIpc) is 3.52. The molecule has 0 saturated heterocycles. The Morgan fingerprint density at radius 1 is 1.15 bits per heavy atom. The number of nitrogens with zero attached hydrogens (tertiary/aromatic N) is 2. The largest absolute Gasteiger partial charge is 0.493 e. The molecular weight excluding hydrogens is 436 g/mol. The first-order valence-electron chi connectivity index (χ1n) is 11.9. The van der Waals surface area contributed by atoms with Crippen LogP contribution in [0.3, 0.4) is 0 Å². The molecule has 1 aromatic heterocycles. The van der Waals surface area contributed by atoms with Gasteiger partial charge in [0.1, 0.15) is 13.2 Å². The van der Waals surface area contributed by atoms with Crippen molar-refractivity contribution in [1.82, 2.24) is 9.80 Å². The molecule has 1 unspecified atom stereocenters. The lowest BCUT2D eigenvalue weighted by molar-refractivity contribution is -0.146. The number of para-hydroxylation sites is 2. The summed E-state index contributed by atoms with van der Waals surface area (Å²) in [6.07, 6.45) is 4.92. The normalized spacial score (nSPS) is 18.3. The van der Waals surface area contributed by atoms with Gasteiger partial charge in [-0.1, -0.05) is 25.0 Å². The highest BCUT2D eigenvalue weighted by Crippen LogP contribution is 2.35. The lowest BCUT2D eigenvalue weighted by Gasteiger charge is -2.38. The maximum Gasteiger partial charge on any atom is 0.242 e. The second kappa shape index (κ2) is 10.6. The monoisotopic (exact) mass is 470 g/mol. The quantitative estimate of drug-likeness (QED) is 0.562. The number of rotatable bonds is 8. The number of methoxy groups -OCH3 is 1. The summed E-state index contributed by atoms with van der Waals surface area (Å²) in [5, 5.41) is 2.08. The van der Waals surface area contributed by atoms with Gasteiger partial charge in [0.05, 0.1) is 13.2 Å². The van der Waals surface area contributed by atoms with E-state index < -0.39 is 0 Å². The zero-order valence-corrected chi connectivity index (χ0v) is 20.6. The third-order valence-electron chi connectivity index (χ3n) is 6.80. The molecule has 2 aromatic rings. The SMILES string of the molecule is COc1ccccc1OCC1c2ccsc2CCN1C(=O)CN(C(=O)C1CCCC1)C(C)C. The van der Waals surface area contributed by atoms with Crippen molar-refractivity contribution in [3.8, 4) is 11.5 Å². The van der Waals surface area contributed by atoms with E-state index in [0.29, 0.717) is 24.7 Å². The summed E-state index contributed by atoms with van der Waals surface area (Å²) in [7, 11) is 1.62. The molecule has 2 aliphatic rings. The summed E-state index contributed by atoms with van der Waals surface area (Å²) in [5.74, 6) is 1.51. The minimum Gasteiger partial charge on any atom is -0.493 e. The van der Waals surface area contributed by atoms with Gasteiger partial charge in [-0.3, -0.25) is 9.59 Å². The van der Waals surface area contributed by atoms with Crippen molar-refractivity contribution in [2.24, 2.45) is 5.92 Å². The number of benzene rings is 1. The van der Waals surface area contributed by atoms with E-state index in [1.54, 1.807) is 23.3 Å². The van der Waals surface area contributed by atoms with Crippen LogP contribution in [0.25, 0.3) is 0 Å². The van der Waals surface area contributed by atoms with Crippen LogP contribution in [-0.2, 0) is 16.0 Å². The Morgan fingerprint density at radius 2 is 1.88 bits per heavy atom. The van der Waals surface area contributed by atoms with Gasteiger partial charge in [0.25, 0.3) is 0 Å². The predicted molar refractivity (Wildman–Crippen MR) is 130 cm³/mol. The van der Waals surface area contributed by atoms with Crippen molar-refractivity contribution in [3.63, 3.8) is 0 Å². The molecule has 0 spiro atoms. The molecule has 1 aromatic carbocycles. The summed E-state index contributed by atoms with van der Waals surface area (Å²) in [6, 6.07) is 9.46. The Labute approximate surface area is 200 Å². The third kappa shape index (κ3) is 5.18. The molecule has 6 nitrogen and oxygen atoms in total. The van der Waals surface area contributed by atoms with Crippen LogP contribution in [0.15, 0.2) is 35.7 Å². The molecule has 1 aliphatic heterocycles. The van der Waals surface area contributed by atoms with Crippen LogP contribution in [0.5, 0.6) is 11.5 Å². The first-order valence-corrected chi connectivity index (χ1v) is 12.8. The minimum atomic E-state index is -0.187. The Hall–Kier alpha value is -2.54. The molecule has 2 amide bonds. The highest BCUT2D eigenvalue weighted by molar-refractivity contribution is 7.10. The standard InChI is InChI=1S/C26H34N2O4S/c1-18(2)28(26(30)19-8-4-5-9-19)16-25(29)27-14-12-24-20(13-15-33-24)21(27)17-32-23-11-7-6-10-22(23)31-3/h6-7,10-11,13,15,18-19,21H,4-5,8-9,12,14,16-17H2,1-3H3. The lowest BCUT2D eigenvalue weighted by Crippen LogP contribution is -2.50. The van der Waals surface area contributed by atoms with Crippen LogP contribution in [0.2, 0.25) is 0 Å². The fourth-order valence-corrected chi connectivity index (χ4v) is 5.87. The number of ether oxygens (including phenoxy) is 2. The Morgan fingerprint density at radius 3 is 2.58 bits per heavy atom. The second-order valence-electron chi connectivity index (χ2n) is 9.16. The Bertz CT molecular complexity index is 967. The van der Waals surface area contributed by atoms with Crippen LogP contribution in [0, 0.1) is 5.92 Å². The number of hydrogen-bond acceptors (Lipinski definition) is 5. The highest BCUT2D eigenvalue weighted by atomic mass is 32.1. The summed E-state index contributed by atoms with van der Waals surface area (Å²) < 4.78 is 11.6. The number of hydrogen-bond donors (Lipinski definition) is 0. The van der Waals surface area contributed by atoms with Crippen molar-refractivity contribution < 1.29 is 19.1 Å². The molecule has 0 N–H and O–H groups in total. The fourth-order valence-electron chi connectivity index (χ4n) is 4.94. The van der Waals surface area contributed by atoms with Crippen molar-refractivity contribution in [1.29, 1.82) is 0 Å².